The zero-order valence-corrected chi connectivity index (χ0v) is 11.8. The maximum atomic E-state index is 13.8. The molecule has 8 heteroatoms. The number of nitrogens with two attached hydrogens (primary N) is 1. The van der Waals surface area contributed by atoms with Crippen LogP contribution in [0.5, 0.6) is 0 Å². The summed E-state index contributed by atoms with van der Waals surface area (Å²) in [5, 5.41) is 0. The lowest BCUT2D eigenvalue weighted by Crippen LogP contribution is -2.36. The molecule has 0 bridgehead atoms. The van der Waals surface area contributed by atoms with Gasteiger partial charge in [-0.2, -0.15) is 4.31 Å². The van der Waals surface area contributed by atoms with Gasteiger partial charge in [0.05, 0.1) is 6.10 Å². The number of nitrogens with zero attached hydrogens (tertiary/aromatic N) is 1. The summed E-state index contributed by atoms with van der Waals surface area (Å²) < 4.78 is 58.4. The van der Waals surface area contributed by atoms with Gasteiger partial charge >= 0.3 is 0 Å². The molecule has 1 saturated heterocycles. The molecule has 1 aromatic carbocycles. The molecule has 0 saturated carbocycles. The molecule has 1 aliphatic rings. The Labute approximate surface area is 116 Å². The normalized spacial score (nSPS) is 21.6. The lowest BCUT2D eigenvalue weighted by Gasteiger charge is -2.22. The van der Waals surface area contributed by atoms with E-state index in [0.29, 0.717) is 13.0 Å². The summed E-state index contributed by atoms with van der Waals surface area (Å²) in [6.07, 6.45) is 0.192. The Morgan fingerprint density at radius 3 is 2.80 bits per heavy atom. The highest BCUT2D eigenvalue weighted by atomic mass is 32.2. The third kappa shape index (κ3) is 2.92. The van der Waals surface area contributed by atoms with Crippen molar-refractivity contribution in [3.63, 3.8) is 0 Å². The molecule has 1 atom stereocenters. The van der Waals surface area contributed by atoms with Crippen molar-refractivity contribution in [3.05, 3.63) is 23.8 Å². The molecular weight excluding hydrogens is 290 g/mol. The van der Waals surface area contributed by atoms with Crippen LogP contribution in [0.1, 0.15) is 13.3 Å². The molecule has 1 aromatic rings. The van der Waals surface area contributed by atoms with Crippen LogP contribution in [-0.4, -0.2) is 38.5 Å². The van der Waals surface area contributed by atoms with E-state index in [4.69, 9.17) is 10.5 Å². The molecule has 2 N–H and O–H groups in total. The highest BCUT2D eigenvalue weighted by Crippen LogP contribution is 2.25. The number of ether oxygens (including phenoxy) is 1. The largest absolute Gasteiger partial charge is 0.399 e. The van der Waals surface area contributed by atoms with Crippen LogP contribution >= 0.6 is 0 Å². The van der Waals surface area contributed by atoms with Gasteiger partial charge in [0.1, 0.15) is 4.90 Å². The van der Waals surface area contributed by atoms with Crippen molar-refractivity contribution < 1.29 is 21.9 Å². The van der Waals surface area contributed by atoms with E-state index in [9.17, 15) is 17.2 Å². The Kier molecular flexibility index (Phi) is 4.26. The van der Waals surface area contributed by atoms with Crippen LogP contribution < -0.4 is 5.73 Å². The Hall–Kier alpha value is -1.25. The Morgan fingerprint density at radius 1 is 1.40 bits per heavy atom. The van der Waals surface area contributed by atoms with E-state index < -0.39 is 26.6 Å². The van der Waals surface area contributed by atoms with Crippen LogP contribution in [-0.2, 0) is 14.8 Å². The van der Waals surface area contributed by atoms with E-state index in [-0.39, 0.29) is 24.9 Å². The summed E-state index contributed by atoms with van der Waals surface area (Å²) in [5.41, 5.74) is 5.26. The molecule has 0 aromatic heterocycles. The second kappa shape index (κ2) is 5.63. The number of benzene rings is 1. The lowest BCUT2D eigenvalue weighted by molar-refractivity contribution is 0.0752. The van der Waals surface area contributed by atoms with Crippen molar-refractivity contribution in [2.45, 2.75) is 24.3 Å². The molecule has 1 unspecified atom stereocenters. The molecule has 1 fully saturated rings. The third-order valence-corrected chi connectivity index (χ3v) is 4.91. The number of sulfonamides is 1. The molecule has 112 valence electrons. The van der Waals surface area contributed by atoms with Gasteiger partial charge in [-0.15, -0.1) is 0 Å². The van der Waals surface area contributed by atoms with E-state index in [1.807, 2.05) is 0 Å². The maximum absolute atomic E-state index is 13.8. The first-order valence-electron chi connectivity index (χ1n) is 6.18. The van der Waals surface area contributed by atoms with Crippen molar-refractivity contribution in [2.24, 2.45) is 0 Å². The molecule has 1 aliphatic heterocycles. The first-order chi connectivity index (χ1) is 9.32. The Bertz CT molecular complexity index is 607. The fraction of sp³-hybridized carbons (Fsp3) is 0.500. The van der Waals surface area contributed by atoms with Crippen LogP contribution in [0.15, 0.2) is 17.0 Å². The highest BCUT2D eigenvalue weighted by Gasteiger charge is 2.31. The lowest BCUT2D eigenvalue weighted by atomic mass is 10.3. The summed E-state index contributed by atoms with van der Waals surface area (Å²) >= 11 is 0. The Balaban J connectivity index is 2.44. The summed E-state index contributed by atoms with van der Waals surface area (Å²) in [6.45, 7) is 2.45. The number of anilines is 1. The van der Waals surface area contributed by atoms with Crippen molar-refractivity contribution in [3.8, 4) is 0 Å². The topological polar surface area (TPSA) is 72.6 Å². The van der Waals surface area contributed by atoms with Gasteiger partial charge in [0.25, 0.3) is 0 Å². The van der Waals surface area contributed by atoms with Crippen LogP contribution in [0.3, 0.4) is 0 Å². The quantitative estimate of drug-likeness (QED) is 0.837. The average molecular weight is 306 g/mol. The van der Waals surface area contributed by atoms with Gasteiger partial charge in [0.15, 0.2) is 11.6 Å². The predicted octanol–water partition coefficient (Wildman–Crippen LogP) is 1.35. The van der Waals surface area contributed by atoms with Gasteiger partial charge in [-0.3, -0.25) is 0 Å². The van der Waals surface area contributed by atoms with Gasteiger partial charge in [0.2, 0.25) is 10.0 Å². The van der Waals surface area contributed by atoms with Crippen LogP contribution in [0, 0.1) is 11.6 Å². The number of nitrogen functional groups attached to an aromatic ring is 1. The minimum Gasteiger partial charge on any atom is -0.399 e. The fourth-order valence-electron chi connectivity index (χ4n) is 2.09. The van der Waals surface area contributed by atoms with Crippen LogP contribution in [0.4, 0.5) is 14.5 Å². The number of hydrogen-bond acceptors (Lipinski definition) is 4. The van der Waals surface area contributed by atoms with E-state index in [1.54, 1.807) is 6.92 Å². The number of halogens is 2. The van der Waals surface area contributed by atoms with Gasteiger partial charge in [-0.1, -0.05) is 0 Å². The second-order valence-corrected chi connectivity index (χ2v) is 6.62. The van der Waals surface area contributed by atoms with Crippen molar-refractivity contribution in [1.82, 2.24) is 4.31 Å². The molecule has 2 rings (SSSR count). The summed E-state index contributed by atoms with van der Waals surface area (Å²) in [4.78, 5) is -0.732. The molecule has 0 amide bonds. The first-order valence-corrected chi connectivity index (χ1v) is 7.62. The van der Waals surface area contributed by atoms with Crippen molar-refractivity contribution in [1.29, 1.82) is 0 Å². The number of rotatable bonds is 2. The Morgan fingerprint density at radius 2 is 2.10 bits per heavy atom. The molecular formula is C12H16F2N2O3S. The van der Waals surface area contributed by atoms with Gasteiger partial charge < -0.3 is 10.5 Å². The van der Waals surface area contributed by atoms with E-state index in [1.165, 1.54) is 0 Å². The van der Waals surface area contributed by atoms with Gasteiger partial charge in [-0.25, -0.2) is 17.2 Å². The van der Waals surface area contributed by atoms with E-state index in [2.05, 4.69) is 0 Å². The number of hydrogen-bond donors (Lipinski definition) is 1. The van der Waals surface area contributed by atoms with Crippen molar-refractivity contribution in [2.75, 3.05) is 25.4 Å². The molecule has 5 nitrogen and oxygen atoms in total. The predicted molar refractivity (Wildman–Crippen MR) is 69.6 cm³/mol. The summed E-state index contributed by atoms with van der Waals surface area (Å²) in [6, 6.07) is 1.69. The van der Waals surface area contributed by atoms with Crippen LogP contribution in [0.25, 0.3) is 0 Å². The SMILES string of the molecule is CC1CN(S(=O)(=O)c2cc(N)cc(F)c2F)CCCO1. The second-order valence-electron chi connectivity index (χ2n) is 4.71. The van der Waals surface area contributed by atoms with E-state index >= 15 is 0 Å². The highest BCUT2D eigenvalue weighted by molar-refractivity contribution is 7.89. The molecule has 0 aliphatic carbocycles. The van der Waals surface area contributed by atoms with Crippen molar-refractivity contribution >= 4 is 15.7 Å². The molecule has 0 spiro atoms. The minimum absolute atomic E-state index is 0.0954. The third-order valence-electron chi connectivity index (χ3n) is 3.05. The summed E-state index contributed by atoms with van der Waals surface area (Å²) in [7, 11) is -4.14. The molecule has 0 radical (unpaired) electrons. The fourth-order valence-corrected chi connectivity index (χ4v) is 3.75. The standard InChI is InChI=1S/C12H16F2N2O3S/c1-8-7-16(3-2-4-19-8)20(17,18)11-6-9(15)5-10(13)12(11)14/h5-6,8H,2-4,7,15H2,1H3. The van der Waals surface area contributed by atoms with Crippen LogP contribution in [0.2, 0.25) is 0 Å². The average Bonchev–Trinajstić information content (AvgIpc) is 2.58. The monoisotopic (exact) mass is 306 g/mol. The summed E-state index contributed by atoms with van der Waals surface area (Å²) in [5.74, 6) is -2.68. The maximum Gasteiger partial charge on any atom is 0.246 e. The minimum atomic E-state index is -4.14. The van der Waals surface area contributed by atoms with Gasteiger partial charge in [0, 0.05) is 25.4 Å². The molecule has 20 heavy (non-hydrogen) atoms. The molecule has 1 heterocycles. The smallest absolute Gasteiger partial charge is 0.246 e. The van der Waals surface area contributed by atoms with E-state index in [0.717, 1.165) is 16.4 Å². The zero-order chi connectivity index (χ0) is 14.9. The first kappa shape index (κ1) is 15.1. The zero-order valence-electron chi connectivity index (χ0n) is 11.0. The van der Waals surface area contributed by atoms with Gasteiger partial charge in [-0.05, 0) is 25.5 Å².